The zero-order chi connectivity index (χ0) is 13.8. The molecule has 0 saturated carbocycles. The van der Waals surface area contributed by atoms with E-state index in [1.807, 2.05) is 30.8 Å². The highest BCUT2D eigenvalue weighted by atomic mass is 16.4. The first-order valence-corrected chi connectivity index (χ1v) is 6.21. The average Bonchev–Trinajstić information content (AvgIpc) is 2.77. The lowest BCUT2D eigenvalue weighted by atomic mass is 10.1. The van der Waals surface area contributed by atoms with Crippen LogP contribution in [-0.4, -0.2) is 20.9 Å². The molecule has 19 heavy (non-hydrogen) atoms. The number of aromatic nitrogens is 2. The van der Waals surface area contributed by atoms with Crippen LogP contribution in [-0.2, 0) is 13.1 Å². The number of para-hydroxylation sites is 1. The molecule has 1 aromatic heterocycles. The Balaban J connectivity index is 2.14. The summed E-state index contributed by atoms with van der Waals surface area (Å²) in [5.41, 5.74) is 3.08. The van der Waals surface area contributed by atoms with Gasteiger partial charge in [0.05, 0.1) is 11.8 Å². The number of carbonyl (C=O) groups is 1. The van der Waals surface area contributed by atoms with Crippen LogP contribution in [0.1, 0.15) is 28.5 Å². The van der Waals surface area contributed by atoms with Crippen molar-refractivity contribution in [3.05, 3.63) is 47.3 Å². The van der Waals surface area contributed by atoms with Crippen LogP contribution in [0.15, 0.2) is 30.5 Å². The molecule has 1 aromatic carbocycles. The van der Waals surface area contributed by atoms with Crippen LogP contribution >= 0.6 is 0 Å². The molecule has 2 aromatic rings. The maximum Gasteiger partial charge on any atom is 0.337 e. The van der Waals surface area contributed by atoms with E-state index in [1.165, 1.54) is 0 Å². The van der Waals surface area contributed by atoms with E-state index in [9.17, 15) is 4.79 Å². The van der Waals surface area contributed by atoms with Gasteiger partial charge in [0.2, 0.25) is 0 Å². The first kappa shape index (κ1) is 13.1. The lowest BCUT2D eigenvalue weighted by Gasteiger charge is -2.09. The molecule has 2 rings (SSSR count). The quantitative estimate of drug-likeness (QED) is 0.865. The van der Waals surface area contributed by atoms with Gasteiger partial charge in [0.1, 0.15) is 0 Å². The fourth-order valence-corrected chi connectivity index (χ4v) is 1.99. The highest BCUT2D eigenvalue weighted by molar-refractivity contribution is 5.94. The van der Waals surface area contributed by atoms with Gasteiger partial charge in [-0.25, -0.2) is 4.79 Å². The summed E-state index contributed by atoms with van der Waals surface area (Å²) in [5, 5.41) is 16.5. The molecular formula is C14H17N3O2. The molecule has 0 aliphatic rings. The van der Waals surface area contributed by atoms with Crippen LogP contribution in [0.4, 0.5) is 5.69 Å². The smallest absolute Gasteiger partial charge is 0.337 e. The molecule has 0 unspecified atom stereocenters. The fourth-order valence-electron chi connectivity index (χ4n) is 1.99. The molecule has 0 aliphatic carbocycles. The van der Waals surface area contributed by atoms with Crippen LogP contribution in [0.3, 0.4) is 0 Å². The number of hydrogen-bond donors (Lipinski definition) is 2. The van der Waals surface area contributed by atoms with Gasteiger partial charge >= 0.3 is 5.97 Å². The number of nitrogens with one attached hydrogen (secondary N) is 1. The van der Waals surface area contributed by atoms with E-state index in [0.717, 1.165) is 17.8 Å². The Bertz CT molecular complexity index is 590. The van der Waals surface area contributed by atoms with E-state index in [2.05, 4.69) is 10.4 Å². The summed E-state index contributed by atoms with van der Waals surface area (Å²) in [6.07, 6.45) is 1.81. The van der Waals surface area contributed by atoms with E-state index in [1.54, 1.807) is 18.2 Å². The number of carboxylic acids is 1. The summed E-state index contributed by atoms with van der Waals surface area (Å²) in [5.74, 6) is -0.927. The molecule has 0 spiro atoms. The van der Waals surface area contributed by atoms with Crippen molar-refractivity contribution in [2.24, 2.45) is 0 Å². The summed E-state index contributed by atoms with van der Waals surface area (Å²) in [6.45, 7) is 5.45. The highest BCUT2D eigenvalue weighted by Gasteiger charge is 2.10. The van der Waals surface area contributed by atoms with E-state index >= 15 is 0 Å². The minimum atomic E-state index is -0.927. The molecule has 2 N–H and O–H groups in total. The van der Waals surface area contributed by atoms with Crippen molar-refractivity contribution in [1.29, 1.82) is 0 Å². The molecule has 0 amide bonds. The van der Waals surface area contributed by atoms with E-state index < -0.39 is 5.97 Å². The Labute approximate surface area is 111 Å². The standard InChI is InChI=1S/C14H17N3O2/c1-3-17-10(2)11(9-16-17)8-15-13-7-5-4-6-12(13)14(18)19/h4-7,9,15H,3,8H2,1-2H3,(H,18,19). The van der Waals surface area contributed by atoms with Gasteiger partial charge in [0.25, 0.3) is 0 Å². The summed E-state index contributed by atoms with van der Waals surface area (Å²) < 4.78 is 1.92. The van der Waals surface area contributed by atoms with E-state index in [4.69, 9.17) is 5.11 Å². The Morgan fingerprint density at radius 2 is 2.16 bits per heavy atom. The van der Waals surface area contributed by atoms with Gasteiger partial charge in [0, 0.05) is 30.0 Å². The maximum absolute atomic E-state index is 11.1. The topological polar surface area (TPSA) is 67.2 Å². The van der Waals surface area contributed by atoms with Gasteiger partial charge in [-0.05, 0) is 26.0 Å². The summed E-state index contributed by atoms with van der Waals surface area (Å²) in [6, 6.07) is 6.89. The lowest BCUT2D eigenvalue weighted by molar-refractivity contribution is 0.0698. The van der Waals surface area contributed by atoms with Crippen LogP contribution in [0.25, 0.3) is 0 Å². The van der Waals surface area contributed by atoms with Crippen molar-refractivity contribution in [1.82, 2.24) is 9.78 Å². The van der Waals surface area contributed by atoms with Crippen LogP contribution in [0.2, 0.25) is 0 Å². The highest BCUT2D eigenvalue weighted by Crippen LogP contribution is 2.17. The summed E-state index contributed by atoms with van der Waals surface area (Å²) >= 11 is 0. The second-order valence-corrected chi connectivity index (χ2v) is 4.28. The Morgan fingerprint density at radius 3 is 2.79 bits per heavy atom. The Hall–Kier alpha value is -2.30. The van der Waals surface area contributed by atoms with Crippen LogP contribution in [0.5, 0.6) is 0 Å². The van der Waals surface area contributed by atoms with Crippen molar-refractivity contribution < 1.29 is 9.90 Å². The number of hydrogen-bond acceptors (Lipinski definition) is 3. The van der Waals surface area contributed by atoms with Crippen molar-refractivity contribution >= 4 is 11.7 Å². The van der Waals surface area contributed by atoms with Crippen molar-refractivity contribution in [2.45, 2.75) is 26.9 Å². The summed E-state index contributed by atoms with van der Waals surface area (Å²) in [4.78, 5) is 11.1. The molecule has 0 aliphatic heterocycles. The first-order valence-electron chi connectivity index (χ1n) is 6.21. The third-order valence-electron chi connectivity index (χ3n) is 3.13. The normalized spacial score (nSPS) is 10.4. The van der Waals surface area contributed by atoms with Crippen molar-refractivity contribution in [2.75, 3.05) is 5.32 Å². The fraction of sp³-hybridized carbons (Fsp3) is 0.286. The predicted octanol–water partition coefficient (Wildman–Crippen LogP) is 2.52. The third-order valence-corrected chi connectivity index (χ3v) is 3.13. The zero-order valence-corrected chi connectivity index (χ0v) is 11.1. The number of aromatic carboxylic acids is 1. The van der Waals surface area contributed by atoms with Gasteiger partial charge in [-0.15, -0.1) is 0 Å². The van der Waals surface area contributed by atoms with Crippen molar-refractivity contribution in [3.8, 4) is 0 Å². The average molecular weight is 259 g/mol. The molecule has 0 fully saturated rings. The van der Waals surface area contributed by atoms with Gasteiger partial charge in [-0.3, -0.25) is 4.68 Å². The Morgan fingerprint density at radius 1 is 1.42 bits per heavy atom. The maximum atomic E-state index is 11.1. The van der Waals surface area contributed by atoms with Crippen LogP contribution in [0, 0.1) is 6.92 Å². The molecule has 0 radical (unpaired) electrons. The van der Waals surface area contributed by atoms with Gasteiger partial charge in [-0.2, -0.15) is 5.10 Å². The molecule has 5 nitrogen and oxygen atoms in total. The number of nitrogens with zero attached hydrogens (tertiary/aromatic N) is 2. The number of anilines is 1. The summed E-state index contributed by atoms with van der Waals surface area (Å²) in [7, 11) is 0. The largest absolute Gasteiger partial charge is 0.478 e. The molecular weight excluding hydrogens is 242 g/mol. The molecule has 0 saturated heterocycles. The predicted molar refractivity (Wildman–Crippen MR) is 73.4 cm³/mol. The molecule has 0 bridgehead atoms. The number of rotatable bonds is 5. The number of aryl methyl sites for hydroxylation is 1. The van der Waals surface area contributed by atoms with Crippen LogP contribution < -0.4 is 5.32 Å². The first-order chi connectivity index (χ1) is 9.13. The number of benzene rings is 1. The molecule has 100 valence electrons. The van der Waals surface area contributed by atoms with E-state index in [0.29, 0.717) is 12.2 Å². The lowest BCUT2D eigenvalue weighted by Crippen LogP contribution is -2.07. The van der Waals surface area contributed by atoms with Gasteiger partial charge in [-0.1, -0.05) is 12.1 Å². The Kier molecular flexibility index (Phi) is 3.85. The van der Waals surface area contributed by atoms with Crippen molar-refractivity contribution in [3.63, 3.8) is 0 Å². The number of carboxylic acid groups (broad SMARTS) is 1. The van der Waals surface area contributed by atoms with E-state index in [-0.39, 0.29) is 5.56 Å². The van der Waals surface area contributed by atoms with Gasteiger partial charge in [0.15, 0.2) is 0 Å². The third kappa shape index (κ3) is 2.76. The minimum absolute atomic E-state index is 0.281. The molecule has 5 heteroatoms. The zero-order valence-electron chi connectivity index (χ0n) is 11.1. The SMILES string of the molecule is CCn1ncc(CNc2ccccc2C(=O)O)c1C. The second kappa shape index (κ2) is 5.56. The second-order valence-electron chi connectivity index (χ2n) is 4.28. The molecule has 1 heterocycles. The monoisotopic (exact) mass is 259 g/mol. The van der Waals surface area contributed by atoms with Gasteiger partial charge < -0.3 is 10.4 Å². The molecule has 0 atom stereocenters. The minimum Gasteiger partial charge on any atom is -0.478 e.